The molecule has 0 radical (unpaired) electrons. The maximum Gasteiger partial charge on any atom is 0.0667 e. The van der Waals surface area contributed by atoms with Gasteiger partial charge in [0.15, 0.2) is 0 Å². The third kappa shape index (κ3) is 33.0. The summed E-state index contributed by atoms with van der Waals surface area (Å²) in [4.78, 5) is 4.62. The molecule has 0 aliphatic rings. The smallest absolute Gasteiger partial charge is 0.0667 e. The lowest BCUT2D eigenvalue weighted by molar-refractivity contribution is 0.112. The van der Waals surface area contributed by atoms with Gasteiger partial charge in [-0.05, 0) is 52.9 Å². The normalized spacial score (nSPS) is 12.9. The standard InChI is InChI=1S/C32H68N2O2.2BrH/c1-5-7-9-11-13-15-17-21-25-31(35)29-33(3)27-23-19-20-24-28-34(4)30-32(36)26-22-18-16-14-12-10-8-6-2;;/h31-32,35-36H,5-30H2,1-4H3;2*1H. The Morgan fingerprint density at radius 3 is 1.00 bits per heavy atom. The van der Waals surface area contributed by atoms with Crippen LogP contribution in [-0.2, 0) is 0 Å². The third-order valence-electron chi connectivity index (χ3n) is 7.66. The van der Waals surface area contributed by atoms with Crippen molar-refractivity contribution in [3.8, 4) is 0 Å². The highest BCUT2D eigenvalue weighted by molar-refractivity contribution is 8.93. The first kappa shape index (κ1) is 43.3. The van der Waals surface area contributed by atoms with E-state index in [1.54, 1.807) is 0 Å². The summed E-state index contributed by atoms with van der Waals surface area (Å²) in [7, 11) is 4.30. The Hall–Kier alpha value is 0.800. The first-order valence-corrected chi connectivity index (χ1v) is 16.2. The quantitative estimate of drug-likeness (QED) is 0.0777. The van der Waals surface area contributed by atoms with Crippen LogP contribution in [0.3, 0.4) is 0 Å². The van der Waals surface area contributed by atoms with Crippen LogP contribution in [0.5, 0.6) is 0 Å². The van der Waals surface area contributed by atoms with E-state index in [1.807, 2.05) is 0 Å². The van der Waals surface area contributed by atoms with Crippen LogP contribution in [0.1, 0.15) is 155 Å². The summed E-state index contributed by atoms with van der Waals surface area (Å²) in [5.41, 5.74) is 0. The lowest BCUT2D eigenvalue weighted by Gasteiger charge is -2.21. The number of aliphatic hydroxyl groups excluding tert-OH is 2. The highest BCUT2D eigenvalue weighted by Gasteiger charge is 2.09. The van der Waals surface area contributed by atoms with Crippen LogP contribution in [0, 0.1) is 0 Å². The number of nitrogens with zero attached hydrogens (tertiary/aromatic N) is 2. The molecule has 0 saturated carbocycles. The van der Waals surface area contributed by atoms with E-state index in [9.17, 15) is 10.2 Å². The highest BCUT2D eigenvalue weighted by atomic mass is 79.9. The maximum atomic E-state index is 10.3. The van der Waals surface area contributed by atoms with Crippen LogP contribution in [0.25, 0.3) is 0 Å². The molecule has 0 rings (SSSR count). The number of hydrogen-bond donors (Lipinski definition) is 2. The van der Waals surface area contributed by atoms with E-state index in [0.29, 0.717) is 0 Å². The monoisotopic (exact) mass is 672 g/mol. The average Bonchev–Trinajstić information content (AvgIpc) is 2.84. The minimum atomic E-state index is -0.166. The molecule has 0 heterocycles. The van der Waals surface area contributed by atoms with E-state index < -0.39 is 0 Å². The molecule has 0 aromatic rings. The summed E-state index contributed by atoms with van der Waals surface area (Å²) in [6.07, 6.45) is 27.8. The highest BCUT2D eigenvalue weighted by Crippen LogP contribution is 2.13. The lowest BCUT2D eigenvalue weighted by atomic mass is 10.1. The Kier molecular flexibility index (Phi) is 38.7. The molecule has 2 atom stereocenters. The molecule has 0 spiro atoms. The summed E-state index contributed by atoms with van der Waals surface area (Å²) in [6.45, 7) is 8.34. The van der Waals surface area contributed by atoms with Crippen molar-refractivity contribution in [1.29, 1.82) is 0 Å². The molecule has 0 saturated heterocycles. The van der Waals surface area contributed by atoms with E-state index >= 15 is 0 Å². The zero-order chi connectivity index (χ0) is 26.7. The van der Waals surface area contributed by atoms with Crippen LogP contribution in [0.2, 0.25) is 0 Å². The van der Waals surface area contributed by atoms with Gasteiger partial charge in [-0.2, -0.15) is 0 Å². The maximum absolute atomic E-state index is 10.3. The van der Waals surface area contributed by atoms with Gasteiger partial charge >= 0.3 is 0 Å². The first-order valence-electron chi connectivity index (χ1n) is 16.2. The number of rotatable bonds is 29. The Bertz CT molecular complexity index is 394. The fraction of sp³-hybridized carbons (Fsp3) is 1.00. The number of unbranched alkanes of at least 4 members (excludes halogenated alkanes) is 17. The molecule has 0 aromatic heterocycles. The van der Waals surface area contributed by atoms with Crippen molar-refractivity contribution in [2.45, 2.75) is 167 Å². The molecule has 2 unspecified atom stereocenters. The van der Waals surface area contributed by atoms with Crippen molar-refractivity contribution in [3.63, 3.8) is 0 Å². The zero-order valence-corrected chi connectivity index (χ0v) is 29.6. The van der Waals surface area contributed by atoms with Gasteiger partial charge in [-0.1, -0.05) is 129 Å². The molecule has 6 heteroatoms. The molecular formula is C32H70Br2N2O2. The van der Waals surface area contributed by atoms with E-state index in [0.717, 1.165) is 39.0 Å². The summed E-state index contributed by atoms with van der Waals surface area (Å²) in [6, 6.07) is 0. The molecule has 0 aromatic carbocycles. The van der Waals surface area contributed by atoms with Crippen LogP contribution in [-0.4, -0.2) is 72.5 Å². The number of likely N-dealkylation sites (N-methyl/N-ethyl adjacent to an activating group) is 2. The Morgan fingerprint density at radius 1 is 0.421 bits per heavy atom. The second-order valence-electron chi connectivity index (χ2n) is 11.8. The van der Waals surface area contributed by atoms with Gasteiger partial charge in [0.1, 0.15) is 0 Å². The molecule has 0 aliphatic heterocycles. The summed E-state index contributed by atoms with van der Waals surface area (Å²) < 4.78 is 0. The van der Waals surface area contributed by atoms with Gasteiger partial charge in [-0.25, -0.2) is 0 Å². The summed E-state index contributed by atoms with van der Waals surface area (Å²) in [5, 5.41) is 20.6. The number of halogens is 2. The molecule has 38 heavy (non-hydrogen) atoms. The topological polar surface area (TPSA) is 46.9 Å². The first-order chi connectivity index (χ1) is 17.5. The van der Waals surface area contributed by atoms with Gasteiger partial charge in [-0.3, -0.25) is 0 Å². The number of aliphatic hydroxyl groups is 2. The molecular weight excluding hydrogens is 604 g/mol. The van der Waals surface area contributed by atoms with Crippen molar-refractivity contribution in [1.82, 2.24) is 9.80 Å². The van der Waals surface area contributed by atoms with Crippen molar-refractivity contribution in [3.05, 3.63) is 0 Å². The molecule has 2 N–H and O–H groups in total. The number of hydrogen-bond acceptors (Lipinski definition) is 4. The Labute approximate surface area is 260 Å². The molecule has 234 valence electrons. The van der Waals surface area contributed by atoms with Crippen molar-refractivity contribution < 1.29 is 10.2 Å². The molecule has 0 fully saturated rings. The van der Waals surface area contributed by atoms with Crippen LogP contribution < -0.4 is 0 Å². The largest absolute Gasteiger partial charge is 0.392 e. The predicted octanol–water partition coefficient (Wildman–Crippen LogP) is 9.35. The van der Waals surface area contributed by atoms with Gasteiger partial charge in [0.05, 0.1) is 12.2 Å². The Morgan fingerprint density at radius 2 is 0.684 bits per heavy atom. The minimum Gasteiger partial charge on any atom is -0.392 e. The van der Waals surface area contributed by atoms with Crippen LogP contribution >= 0.6 is 34.0 Å². The zero-order valence-electron chi connectivity index (χ0n) is 26.1. The fourth-order valence-electron chi connectivity index (χ4n) is 5.23. The average molecular weight is 675 g/mol. The lowest BCUT2D eigenvalue weighted by Crippen LogP contribution is -2.30. The minimum absolute atomic E-state index is 0. The van der Waals surface area contributed by atoms with Gasteiger partial charge < -0.3 is 20.0 Å². The van der Waals surface area contributed by atoms with Gasteiger partial charge in [0, 0.05) is 13.1 Å². The SMILES string of the molecule is Br.Br.CCCCCCCCCCC(O)CN(C)CCCCCCN(C)CC(O)CCCCCCCCCC. The molecule has 4 nitrogen and oxygen atoms in total. The van der Waals surface area contributed by atoms with Crippen LogP contribution in [0.15, 0.2) is 0 Å². The molecule has 0 bridgehead atoms. The third-order valence-corrected chi connectivity index (χ3v) is 7.66. The summed E-state index contributed by atoms with van der Waals surface area (Å²) >= 11 is 0. The molecule has 0 amide bonds. The van der Waals surface area contributed by atoms with Crippen molar-refractivity contribution in [2.75, 3.05) is 40.3 Å². The van der Waals surface area contributed by atoms with E-state index in [-0.39, 0.29) is 46.2 Å². The summed E-state index contributed by atoms with van der Waals surface area (Å²) in [5.74, 6) is 0. The van der Waals surface area contributed by atoms with Crippen molar-refractivity contribution in [2.24, 2.45) is 0 Å². The van der Waals surface area contributed by atoms with Gasteiger partial charge in [-0.15, -0.1) is 34.0 Å². The fourth-order valence-corrected chi connectivity index (χ4v) is 5.23. The van der Waals surface area contributed by atoms with Crippen molar-refractivity contribution >= 4 is 34.0 Å². The van der Waals surface area contributed by atoms with E-state index in [4.69, 9.17) is 0 Å². The van der Waals surface area contributed by atoms with E-state index in [2.05, 4.69) is 37.7 Å². The second-order valence-corrected chi connectivity index (χ2v) is 11.8. The van der Waals surface area contributed by atoms with Gasteiger partial charge in [0.25, 0.3) is 0 Å². The Balaban J connectivity index is -0.00000612. The predicted molar refractivity (Wildman–Crippen MR) is 181 cm³/mol. The van der Waals surface area contributed by atoms with Crippen LogP contribution in [0.4, 0.5) is 0 Å². The molecule has 0 aliphatic carbocycles. The second kappa shape index (κ2) is 34.0. The van der Waals surface area contributed by atoms with E-state index in [1.165, 1.54) is 128 Å². The van der Waals surface area contributed by atoms with Gasteiger partial charge in [0.2, 0.25) is 0 Å².